The highest BCUT2D eigenvalue weighted by molar-refractivity contribution is 9.10. The molecule has 3 rings (SSSR count). The Morgan fingerprint density at radius 3 is 2.75 bits per heavy atom. The van der Waals surface area contributed by atoms with Crippen molar-refractivity contribution in [2.24, 2.45) is 11.3 Å². The van der Waals surface area contributed by atoms with Crippen LogP contribution in [0.25, 0.3) is 0 Å². The second-order valence-electron chi connectivity index (χ2n) is 5.76. The normalized spacial score (nSPS) is 22.9. The summed E-state index contributed by atoms with van der Waals surface area (Å²) in [6.45, 7) is 2.14. The Balaban J connectivity index is 1.60. The van der Waals surface area contributed by atoms with Gasteiger partial charge in [0.15, 0.2) is 0 Å². The highest BCUT2D eigenvalue weighted by atomic mass is 79.9. The molecule has 2 aliphatic carbocycles. The Morgan fingerprint density at radius 2 is 2.19 bits per heavy atom. The molecule has 1 nitrogen and oxygen atoms in total. The number of halogens is 1. The molecular weight excluding hydrogens is 262 g/mol. The van der Waals surface area contributed by atoms with Crippen LogP contribution in [0, 0.1) is 18.3 Å². The minimum atomic E-state index is 0.801. The quantitative estimate of drug-likeness (QED) is 0.788. The van der Waals surface area contributed by atoms with Crippen molar-refractivity contribution < 1.29 is 0 Å². The molecule has 2 saturated carbocycles. The Kier molecular flexibility index (Phi) is 2.58. The zero-order valence-electron chi connectivity index (χ0n) is 9.80. The summed E-state index contributed by atoms with van der Waals surface area (Å²) < 4.78 is 1.13. The first kappa shape index (κ1) is 10.8. The van der Waals surface area contributed by atoms with E-state index in [0.29, 0.717) is 0 Å². The third kappa shape index (κ3) is 1.81. The van der Waals surface area contributed by atoms with E-state index in [1.165, 1.54) is 49.8 Å². The van der Waals surface area contributed by atoms with Crippen LogP contribution in [-0.4, -0.2) is 4.98 Å². The average Bonchev–Trinajstić information content (AvgIpc) is 2.13. The van der Waals surface area contributed by atoms with E-state index in [1.54, 1.807) is 0 Å². The van der Waals surface area contributed by atoms with Crippen LogP contribution in [0.15, 0.2) is 16.7 Å². The summed E-state index contributed by atoms with van der Waals surface area (Å²) >= 11 is 3.50. The first-order chi connectivity index (χ1) is 7.67. The largest absolute Gasteiger partial charge is 0.260 e. The summed E-state index contributed by atoms with van der Waals surface area (Å²) in [5.41, 5.74) is 3.39. The van der Waals surface area contributed by atoms with Gasteiger partial charge in [0.2, 0.25) is 0 Å². The van der Waals surface area contributed by atoms with E-state index in [4.69, 9.17) is 0 Å². The predicted molar refractivity (Wildman–Crippen MR) is 69.4 cm³/mol. The number of nitrogens with zero attached hydrogens (tertiary/aromatic N) is 1. The summed E-state index contributed by atoms with van der Waals surface area (Å²) in [6, 6.07) is 2.23. The number of pyridine rings is 1. The fourth-order valence-corrected chi connectivity index (χ4v) is 3.62. The van der Waals surface area contributed by atoms with Crippen LogP contribution in [0.4, 0.5) is 0 Å². The lowest BCUT2D eigenvalue weighted by Gasteiger charge is -2.54. The maximum absolute atomic E-state index is 4.51. The van der Waals surface area contributed by atoms with Crippen molar-refractivity contribution in [2.75, 3.05) is 0 Å². The maximum Gasteiger partial charge on any atom is 0.0416 e. The highest BCUT2D eigenvalue weighted by Crippen LogP contribution is 2.59. The molecule has 0 aliphatic heterocycles. The zero-order valence-corrected chi connectivity index (χ0v) is 11.4. The van der Waals surface area contributed by atoms with Crippen LogP contribution < -0.4 is 0 Å². The van der Waals surface area contributed by atoms with Crippen LogP contribution in [0.3, 0.4) is 0 Å². The van der Waals surface area contributed by atoms with Gasteiger partial charge in [-0.25, -0.2) is 0 Å². The van der Waals surface area contributed by atoms with Gasteiger partial charge in [-0.05, 0) is 77.9 Å². The minimum absolute atomic E-state index is 0.801. The smallest absolute Gasteiger partial charge is 0.0416 e. The van der Waals surface area contributed by atoms with Gasteiger partial charge in [0.25, 0.3) is 0 Å². The van der Waals surface area contributed by atoms with Gasteiger partial charge in [0.05, 0.1) is 0 Å². The molecule has 0 N–H and O–H groups in total. The molecule has 1 aromatic rings. The average molecular weight is 280 g/mol. The van der Waals surface area contributed by atoms with Gasteiger partial charge in [-0.2, -0.15) is 0 Å². The third-order valence-electron chi connectivity index (χ3n) is 4.46. The van der Waals surface area contributed by atoms with Gasteiger partial charge in [-0.3, -0.25) is 4.98 Å². The van der Waals surface area contributed by atoms with Gasteiger partial charge in [0.1, 0.15) is 0 Å². The third-order valence-corrected chi connectivity index (χ3v) is 5.29. The van der Waals surface area contributed by atoms with Gasteiger partial charge in [0, 0.05) is 16.4 Å². The van der Waals surface area contributed by atoms with Gasteiger partial charge in [-0.1, -0.05) is 6.42 Å². The molecule has 0 unspecified atom stereocenters. The van der Waals surface area contributed by atoms with E-state index in [-0.39, 0.29) is 0 Å². The molecule has 1 aromatic heterocycles. The second-order valence-corrected chi connectivity index (χ2v) is 6.61. The lowest BCUT2D eigenvalue weighted by molar-refractivity contribution is -0.0243. The molecule has 16 heavy (non-hydrogen) atoms. The Labute approximate surface area is 106 Å². The van der Waals surface area contributed by atoms with Crippen molar-refractivity contribution >= 4 is 15.9 Å². The molecule has 1 heterocycles. The summed E-state index contributed by atoms with van der Waals surface area (Å²) in [7, 11) is 0. The first-order valence-electron chi connectivity index (χ1n) is 6.28. The lowest BCUT2D eigenvalue weighted by Crippen LogP contribution is -2.43. The zero-order chi connectivity index (χ0) is 11.2. The monoisotopic (exact) mass is 279 g/mol. The van der Waals surface area contributed by atoms with E-state index >= 15 is 0 Å². The Morgan fingerprint density at radius 1 is 1.44 bits per heavy atom. The van der Waals surface area contributed by atoms with Crippen molar-refractivity contribution in [1.82, 2.24) is 4.98 Å². The second kappa shape index (κ2) is 3.83. The van der Waals surface area contributed by atoms with E-state index in [1.807, 2.05) is 6.20 Å². The number of hydrogen-bond acceptors (Lipinski definition) is 1. The predicted octanol–water partition coefficient (Wildman–Crippen LogP) is 4.28. The van der Waals surface area contributed by atoms with Crippen molar-refractivity contribution in [3.8, 4) is 0 Å². The highest BCUT2D eigenvalue weighted by Gasteiger charge is 2.47. The molecule has 1 spiro atoms. The maximum atomic E-state index is 4.51. The van der Waals surface area contributed by atoms with Crippen molar-refractivity contribution in [1.29, 1.82) is 0 Å². The Bertz CT molecular complexity index is 401. The summed E-state index contributed by atoms with van der Waals surface area (Å²) in [4.78, 5) is 4.51. The lowest BCUT2D eigenvalue weighted by atomic mass is 9.51. The first-order valence-corrected chi connectivity index (χ1v) is 7.07. The van der Waals surface area contributed by atoms with Gasteiger partial charge >= 0.3 is 0 Å². The molecule has 2 fully saturated rings. The molecule has 0 aromatic carbocycles. The summed E-state index contributed by atoms with van der Waals surface area (Å²) in [5.74, 6) is 0.911. The SMILES string of the molecule is Cc1cc(CC2CC3(CCC3)C2)ncc1Br. The standard InChI is InChI=1S/C14H18BrN/c1-10-5-12(16-9-13(10)15)6-11-7-14(8-11)3-2-4-14/h5,9,11H,2-4,6-8H2,1H3. The molecule has 0 amide bonds. The van der Waals surface area contributed by atoms with E-state index in [0.717, 1.165) is 15.8 Å². The summed E-state index contributed by atoms with van der Waals surface area (Å²) in [6.07, 6.45) is 10.5. The Hall–Kier alpha value is -0.370. The number of hydrogen-bond donors (Lipinski definition) is 0. The molecule has 0 bridgehead atoms. The molecule has 0 atom stereocenters. The van der Waals surface area contributed by atoms with Crippen LogP contribution in [0.2, 0.25) is 0 Å². The van der Waals surface area contributed by atoms with Gasteiger partial charge in [-0.15, -0.1) is 0 Å². The van der Waals surface area contributed by atoms with E-state index in [9.17, 15) is 0 Å². The minimum Gasteiger partial charge on any atom is -0.260 e. The van der Waals surface area contributed by atoms with E-state index < -0.39 is 0 Å². The van der Waals surface area contributed by atoms with Crippen LogP contribution in [0.5, 0.6) is 0 Å². The summed E-state index contributed by atoms with van der Waals surface area (Å²) in [5, 5.41) is 0. The van der Waals surface area contributed by atoms with Crippen LogP contribution >= 0.6 is 15.9 Å². The molecule has 2 aliphatic rings. The fraction of sp³-hybridized carbons (Fsp3) is 0.643. The molecule has 2 heteroatoms. The van der Waals surface area contributed by atoms with Gasteiger partial charge < -0.3 is 0 Å². The molecule has 86 valence electrons. The molecular formula is C14H18BrN. The number of rotatable bonds is 2. The van der Waals surface area contributed by atoms with Crippen molar-refractivity contribution in [2.45, 2.75) is 45.4 Å². The van der Waals surface area contributed by atoms with Crippen LogP contribution in [0.1, 0.15) is 43.4 Å². The van der Waals surface area contributed by atoms with E-state index in [2.05, 4.69) is 33.9 Å². The fourth-order valence-electron chi connectivity index (χ4n) is 3.40. The topological polar surface area (TPSA) is 12.9 Å². The number of aromatic nitrogens is 1. The number of aryl methyl sites for hydroxylation is 1. The molecule has 0 radical (unpaired) electrons. The van der Waals surface area contributed by atoms with Crippen LogP contribution in [-0.2, 0) is 6.42 Å². The van der Waals surface area contributed by atoms with Crippen molar-refractivity contribution in [3.05, 3.63) is 28.0 Å². The van der Waals surface area contributed by atoms with Crippen molar-refractivity contribution in [3.63, 3.8) is 0 Å². The molecule has 0 saturated heterocycles.